The SMILES string of the molecule is CCC=CCC=CCC=CCCCCCCCC(O)C(O)CCCCCCCC=CCC=CCC=CCC. The van der Waals surface area contributed by atoms with Crippen molar-refractivity contribution in [1.82, 2.24) is 0 Å². The highest BCUT2D eigenvalue weighted by atomic mass is 16.3. The van der Waals surface area contributed by atoms with E-state index in [1.54, 1.807) is 0 Å². The maximum absolute atomic E-state index is 10.3. The minimum absolute atomic E-state index is 0.551. The molecule has 0 radical (unpaired) electrons. The summed E-state index contributed by atoms with van der Waals surface area (Å²) in [5.74, 6) is 0. The molecule has 0 aliphatic carbocycles. The fourth-order valence-corrected chi connectivity index (χ4v) is 4.33. The van der Waals surface area contributed by atoms with Gasteiger partial charge >= 0.3 is 0 Å². The highest BCUT2D eigenvalue weighted by Gasteiger charge is 2.15. The fraction of sp³-hybridized carbons (Fsp3) is 0.667. The molecule has 0 aromatic carbocycles. The Hall–Kier alpha value is -1.64. The van der Waals surface area contributed by atoms with Crippen LogP contribution in [0.4, 0.5) is 0 Å². The van der Waals surface area contributed by atoms with Gasteiger partial charge in [-0.2, -0.15) is 0 Å². The molecule has 2 nitrogen and oxygen atoms in total. The summed E-state index contributed by atoms with van der Waals surface area (Å²) in [6.45, 7) is 4.33. The summed E-state index contributed by atoms with van der Waals surface area (Å²) < 4.78 is 0. The molecule has 0 heterocycles. The summed E-state index contributed by atoms with van der Waals surface area (Å²) in [4.78, 5) is 0. The number of allylic oxidation sites excluding steroid dienone is 12. The van der Waals surface area contributed by atoms with E-state index < -0.39 is 12.2 Å². The van der Waals surface area contributed by atoms with E-state index in [0.29, 0.717) is 0 Å². The van der Waals surface area contributed by atoms with Gasteiger partial charge in [-0.1, -0.05) is 138 Å². The second kappa shape index (κ2) is 31.6. The van der Waals surface area contributed by atoms with Crippen molar-refractivity contribution < 1.29 is 10.2 Å². The number of hydrogen-bond acceptors (Lipinski definition) is 2. The van der Waals surface area contributed by atoms with Crippen LogP contribution in [0.5, 0.6) is 0 Å². The summed E-state index contributed by atoms with van der Waals surface area (Å²) in [6.07, 6.45) is 47.8. The van der Waals surface area contributed by atoms with Crippen molar-refractivity contribution >= 4 is 0 Å². The van der Waals surface area contributed by atoms with E-state index in [1.807, 2.05) is 0 Å². The number of unbranched alkanes of at least 4 members (excludes halogenated alkanes) is 10. The Morgan fingerprint density at radius 1 is 0.368 bits per heavy atom. The Balaban J connectivity index is 3.47. The Morgan fingerprint density at radius 3 is 1.03 bits per heavy atom. The van der Waals surface area contributed by atoms with Crippen LogP contribution < -0.4 is 0 Å². The van der Waals surface area contributed by atoms with Gasteiger partial charge in [-0.25, -0.2) is 0 Å². The molecule has 0 aliphatic rings. The summed E-state index contributed by atoms with van der Waals surface area (Å²) in [5.41, 5.74) is 0. The van der Waals surface area contributed by atoms with E-state index in [4.69, 9.17) is 0 Å². The summed E-state index contributed by atoms with van der Waals surface area (Å²) in [7, 11) is 0. The largest absolute Gasteiger partial charge is 0.390 e. The molecule has 0 aliphatic heterocycles. The molecule has 2 atom stereocenters. The molecule has 0 rings (SSSR count). The topological polar surface area (TPSA) is 40.5 Å². The maximum Gasteiger partial charge on any atom is 0.0799 e. The summed E-state index contributed by atoms with van der Waals surface area (Å²) in [6, 6.07) is 0. The maximum atomic E-state index is 10.3. The van der Waals surface area contributed by atoms with Gasteiger partial charge < -0.3 is 10.2 Å². The number of aliphatic hydroxyl groups excluding tert-OH is 2. The van der Waals surface area contributed by atoms with Crippen molar-refractivity contribution in [2.45, 2.75) is 154 Å². The van der Waals surface area contributed by atoms with Crippen LogP contribution in [0.2, 0.25) is 0 Å². The third-order valence-electron chi connectivity index (χ3n) is 6.75. The first-order valence-electron chi connectivity index (χ1n) is 16.0. The van der Waals surface area contributed by atoms with Crippen LogP contribution in [0.1, 0.15) is 142 Å². The van der Waals surface area contributed by atoms with Gasteiger partial charge in [0.25, 0.3) is 0 Å². The zero-order chi connectivity index (χ0) is 27.8. The van der Waals surface area contributed by atoms with Crippen molar-refractivity contribution in [1.29, 1.82) is 0 Å². The molecule has 0 saturated carbocycles. The second-order valence-corrected chi connectivity index (χ2v) is 10.4. The van der Waals surface area contributed by atoms with E-state index in [1.165, 1.54) is 38.5 Å². The van der Waals surface area contributed by atoms with Crippen molar-refractivity contribution in [3.8, 4) is 0 Å². The van der Waals surface area contributed by atoms with Gasteiger partial charge in [0.15, 0.2) is 0 Å². The molecule has 0 amide bonds. The Bertz CT molecular complexity index is 582. The molecule has 0 fully saturated rings. The average Bonchev–Trinajstić information content (AvgIpc) is 2.92. The third-order valence-corrected chi connectivity index (χ3v) is 6.75. The van der Waals surface area contributed by atoms with Crippen LogP contribution in [0.3, 0.4) is 0 Å². The molecule has 0 saturated heterocycles. The van der Waals surface area contributed by atoms with Crippen molar-refractivity contribution in [2.24, 2.45) is 0 Å². The molecule has 218 valence electrons. The molecule has 0 aromatic heterocycles. The first-order valence-corrected chi connectivity index (χ1v) is 16.0. The van der Waals surface area contributed by atoms with Crippen LogP contribution in [0.25, 0.3) is 0 Å². The molecule has 2 unspecified atom stereocenters. The zero-order valence-corrected chi connectivity index (χ0v) is 25.1. The molecule has 0 aromatic rings. The Labute approximate surface area is 237 Å². The van der Waals surface area contributed by atoms with Crippen LogP contribution >= 0.6 is 0 Å². The lowest BCUT2D eigenvalue weighted by Gasteiger charge is -2.17. The first kappa shape index (κ1) is 36.4. The van der Waals surface area contributed by atoms with E-state index in [-0.39, 0.29) is 0 Å². The van der Waals surface area contributed by atoms with E-state index in [0.717, 1.165) is 89.9 Å². The molecular weight excluding hydrogens is 464 g/mol. The lowest BCUT2D eigenvalue weighted by atomic mass is 9.99. The molecule has 0 spiro atoms. The monoisotopic (exact) mass is 526 g/mol. The third kappa shape index (κ3) is 28.9. The molecular formula is C36H62O2. The average molecular weight is 527 g/mol. The Kier molecular flexibility index (Phi) is 30.2. The number of hydrogen-bond donors (Lipinski definition) is 2. The predicted molar refractivity (Wildman–Crippen MR) is 171 cm³/mol. The van der Waals surface area contributed by atoms with Crippen molar-refractivity contribution in [2.75, 3.05) is 0 Å². The fourth-order valence-electron chi connectivity index (χ4n) is 4.33. The molecule has 38 heavy (non-hydrogen) atoms. The molecule has 0 bridgehead atoms. The van der Waals surface area contributed by atoms with Crippen molar-refractivity contribution in [3.05, 3.63) is 72.9 Å². The minimum Gasteiger partial charge on any atom is -0.390 e. The van der Waals surface area contributed by atoms with E-state index in [2.05, 4.69) is 86.8 Å². The lowest BCUT2D eigenvalue weighted by Crippen LogP contribution is -2.25. The minimum atomic E-state index is -0.551. The first-order chi connectivity index (χ1) is 18.7. The second-order valence-electron chi connectivity index (χ2n) is 10.4. The van der Waals surface area contributed by atoms with Gasteiger partial charge in [0.2, 0.25) is 0 Å². The smallest absolute Gasteiger partial charge is 0.0799 e. The highest BCUT2D eigenvalue weighted by molar-refractivity contribution is 4.98. The van der Waals surface area contributed by atoms with Gasteiger partial charge in [0.1, 0.15) is 0 Å². The zero-order valence-electron chi connectivity index (χ0n) is 25.1. The van der Waals surface area contributed by atoms with E-state index >= 15 is 0 Å². The Morgan fingerprint density at radius 2 is 0.658 bits per heavy atom. The van der Waals surface area contributed by atoms with Gasteiger partial charge in [-0.15, -0.1) is 0 Å². The molecule has 2 heteroatoms. The van der Waals surface area contributed by atoms with Crippen LogP contribution in [0.15, 0.2) is 72.9 Å². The van der Waals surface area contributed by atoms with Crippen LogP contribution in [-0.4, -0.2) is 22.4 Å². The summed E-state index contributed by atoms with van der Waals surface area (Å²) >= 11 is 0. The lowest BCUT2D eigenvalue weighted by molar-refractivity contribution is 0.00712. The predicted octanol–water partition coefficient (Wildman–Crippen LogP) is 10.9. The van der Waals surface area contributed by atoms with Gasteiger partial charge in [0.05, 0.1) is 12.2 Å². The summed E-state index contributed by atoms with van der Waals surface area (Å²) in [5, 5.41) is 20.5. The highest BCUT2D eigenvalue weighted by Crippen LogP contribution is 2.15. The van der Waals surface area contributed by atoms with E-state index in [9.17, 15) is 10.2 Å². The van der Waals surface area contributed by atoms with Gasteiger partial charge in [0, 0.05) is 0 Å². The quantitative estimate of drug-likeness (QED) is 0.0825. The van der Waals surface area contributed by atoms with Gasteiger partial charge in [-0.3, -0.25) is 0 Å². The number of aliphatic hydroxyl groups is 2. The standard InChI is InChI=1S/C36H62O2/c1-3-5-7-9-11-13-15-17-19-21-23-25-27-29-31-33-35(37)36(38)34-32-30-28-26-24-22-20-18-16-14-12-10-8-6-4-2/h5-8,11-14,17-20,35-38H,3-4,9-10,15-16,21-34H2,1-2H3. The molecule has 2 N–H and O–H groups in total. The number of rotatable bonds is 27. The van der Waals surface area contributed by atoms with Crippen LogP contribution in [0, 0.1) is 0 Å². The normalized spacial score (nSPS) is 14.5. The van der Waals surface area contributed by atoms with Crippen molar-refractivity contribution in [3.63, 3.8) is 0 Å². The van der Waals surface area contributed by atoms with Gasteiger partial charge in [-0.05, 0) is 77.0 Å². The van der Waals surface area contributed by atoms with Crippen LogP contribution in [-0.2, 0) is 0 Å².